The molecule has 0 unspecified atom stereocenters. The maximum Gasteiger partial charge on any atom is 0.317 e. The van der Waals surface area contributed by atoms with Crippen molar-refractivity contribution in [1.29, 1.82) is 0 Å². The second-order valence-corrected chi connectivity index (χ2v) is 7.72. The smallest absolute Gasteiger partial charge is 0.317 e. The fraction of sp³-hybridized carbons (Fsp3) is 0.684. The predicted octanol–water partition coefficient (Wildman–Crippen LogP) is 2.66. The molecule has 4 rings (SSSR count). The summed E-state index contributed by atoms with van der Waals surface area (Å²) in [4.78, 5) is 21.3. The molecule has 2 bridgehead atoms. The third-order valence-corrected chi connectivity index (χ3v) is 6.30. The van der Waals surface area contributed by atoms with Crippen LogP contribution in [0.15, 0.2) is 24.5 Å². The molecular formula is C19H28N4O. The van der Waals surface area contributed by atoms with Gasteiger partial charge in [0.25, 0.3) is 0 Å². The molecule has 3 fully saturated rings. The molecule has 1 aliphatic heterocycles. The maximum atomic E-state index is 12.5. The van der Waals surface area contributed by atoms with E-state index in [9.17, 15) is 4.79 Å². The summed E-state index contributed by atoms with van der Waals surface area (Å²) in [5, 5.41) is 3.11. The Hall–Kier alpha value is -1.62. The molecule has 5 nitrogen and oxygen atoms in total. The minimum atomic E-state index is -0.00482. The molecule has 4 atom stereocenters. The monoisotopic (exact) mass is 328 g/mol. The fourth-order valence-corrected chi connectivity index (χ4v) is 4.91. The molecule has 0 aromatic carbocycles. The van der Waals surface area contributed by atoms with Gasteiger partial charge in [-0.3, -0.25) is 9.88 Å². The average Bonchev–Trinajstić information content (AvgIpc) is 3.26. The van der Waals surface area contributed by atoms with Gasteiger partial charge in [0.1, 0.15) is 0 Å². The van der Waals surface area contributed by atoms with E-state index in [4.69, 9.17) is 0 Å². The van der Waals surface area contributed by atoms with Gasteiger partial charge in [0.05, 0.1) is 6.04 Å². The second kappa shape index (κ2) is 6.71. The lowest BCUT2D eigenvalue weighted by molar-refractivity contribution is 0.0821. The largest absolute Gasteiger partial charge is 0.331 e. The molecule has 1 N–H and O–H groups in total. The molecule has 1 aromatic heterocycles. The average molecular weight is 328 g/mol. The van der Waals surface area contributed by atoms with Gasteiger partial charge in [-0.2, -0.15) is 0 Å². The van der Waals surface area contributed by atoms with Crippen LogP contribution in [-0.4, -0.2) is 53.0 Å². The molecule has 1 aromatic rings. The molecule has 24 heavy (non-hydrogen) atoms. The zero-order valence-electron chi connectivity index (χ0n) is 14.5. The number of pyridine rings is 1. The zero-order valence-corrected chi connectivity index (χ0v) is 14.5. The lowest BCUT2D eigenvalue weighted by Crippen LogP contribution is -2.55. The van der Waals surface area contributed by atoms with Crippen LogP contribution in [0.3, 0.4) is 0 Å². The second-order valence-electron chi connectivity index (χ2n) is 7.72. The molecule has 2 saturated carbocycles. The number of carbonyl (C=O) groups excluding carboxylic acids is 1. The van der Waals surface area contributed by atoms with E-state index in [1.54, 1.807) is 6.20 Å². The van der Waals surface area contributed by atoms with E-state index in [0.29, 0.717) is 0 Å². The molecule has 2 amide bonds. The van der Waals surface area contributed by atoms with Crippen molar-refractivity contribution in [1.82, 2.24) is 20.1 Å². The number of urea groups is 1. The lowest BCUT2D eigenvalue weighted by atomic mass is 9.93. The summed E-state index contributed by atoms with van der Waals surface area (Å²) in [6.07, 6.45) is 9.31. The summed E-state index contributed by atoms with van der Waals surface area (Å²) in [6.45, 7) is 5.77. The zero-order chi connectivity index (χ0) is 16.5. The summed E-state index contributed by atoms with van der Waals surface area (Å²) < 4.78 is 0. The summed E-state index contributed by atoms with van der Waals surface area (Å²) in [5.74, 6) is 1.92. The van der Waals surface area contributed by atoms with Crippen molar-refractivity contribution >= 4 is 6.03 Å². The summed E-state index contributed by atoms with van der Waals surface area (Å²) in [7, 11) is 0. The van der Waals surface area contributed by atoms with Crippen LogP contribution in [0.2, 0.25) is 0 Å². The first-order chi connectivity index (χ1) is 11.7. The van der Waals surface area contributed by atoms with E-state index in [1.807, 2.05) is 30.2 Å². The van der Waals surface area contributed by atoms with Crippen molar-refractivity contribution < 1.29 is 4.79 Å². The standard InChI is InChI=1S/C19H28N4O/c1-14(17-3-2-6-20-13-17)21-19(24)23-9-7-22(8-10-23)18-12-15-4-5-16(18)11-15/h2-3,6,13-16,18H,4-5,7-12H2,1H3,(H,21,24)/t14-,15-,16-,18-/m0/s1. The van der Waals surface area contributed by atoms with Crippen molar-refractivity contribution in [2.24, 2.45) is 11.8 Å². The fourth-order valence-electron chi connectivity index (χ4n) is 4.91. The maximum absolute atomic E-state index is 12.5. The molecule has 0 spiro atoms. The first-order valence-corrected chi connectivity index (χ1v) is 9.40. The van der Waals surface area contributed by atoms with E-state index in [1.165, 1.54) is 25.7 Å². The number of aromatic nitrogens is 1. The first kappa shape index (κ1) is 15.9. The number of nitrogens with one attached hydrogen (secondary N) is 1. The van der Waals surface area contributed by atoms with Gasteiger partial charge in [0.2, 0.25) is 0 Å². The highest BCUT2D eigenvalue weighted by Gasteiger charge is 2.42. The molecule has 0 radical (unpaired) electrons. The summed E-state index contributed by atoms with van der Waals surface area (Å²) >= 11 is 0. The van der Waals surface area contributed by atoms with Crippen LogP contribution in [0.5, 0.6) is 0 Å². The van der Waals surface area contributed by atoms with Gasteiger partial charge in [-0.1, -0.05) is 12.5 Å². The quantitative estimate of drug-likeness (QED) is 0.928. The highest BCUT2D eigenvalue weighted by atomic mass is 16.2. The van der Waals surface area contributed by atoms with Crippen LogP contribution in [0.1, 0.15) is 44.2 Å². The minimum absolute atomic E-state index is 0.00482. The van der Waals surface area contributed by atoms with Gasteiger partial charge in [0, 0.05) is 44.6 Å². The number of carbonyl (C=O) groups is 1. The Balaban J connectivity index is 1.27. The number of rotatable bonds is 3. The molecule has 3 aliphatic rings. The molecular weight excluding hydrogens is 300 g/mol. The van der Waals surface area contributed by atoms with Crippen molar-refractivity contribution in [3.8, 4) is 0 Å². The van der Waals surface area contributed by atoms with E-state index < -0.39 is 0 Å². The van der Waals surface area contributed by atoms with Crippen LogP contribution in [0, 0.1) is 11.8 Å². The van der Waals surface area contributed by atoms with Crippen molar-refractivity contribution in [2.45, 2.75) is 44.7 Å². The number of fused-ring (bicyclic) bond motifs is 2. The molecule has 130 valence electrons. The number of amides is 2. The minimum Gasteiger partial charge on any atom is -0.331 e. The number of hydrogen-bond acceptors (Lipinski definition) is 3. The molecule has 1 saturated heterocycles. The Kier molecular flexibility index (Phi) is 4.44. The third-order valence-electron chi connectivity index (χ3n) is 6.30. The van der Waals surface area contributed by atoms with Crippen LogP contribution >= 0.6 is 0 Å². The molecule has 2 aliphatic carbocycles. The van der Waals surface area contributed by atoms with Crippen LogP contribution < -0.4 is 5.32 Å². The van der Waals surface area contributed by atoms with E-state index in [2.05, 4.69) is 15.2 Å². The van der Waals surface area contributed by atoms with Gasteiger partial charge in [-0.25, -0.2) is 4.79 Å². The Bertz CT molecular complexity index is 570. The van der Waals surface area contributed by atoms with Gasteiger partial charge in [0.15, 0.2) is 0 Å². The van der Waals surface area contributed by atoms with Crippen LogP contribution in [0.4, 0.5) is 4.79 Å². The van der Waals surface area contributed by atoms with E-state index in [-0.39, 0.29) is 12.1 Å². The Labute approximate surface area is 144 Å². The van der Waals surface area contributed by atoms with E-state index in [0.717, 1.165) is 49.6 Å². The van der Waals surface area contributed by atoms with Crippen LogP contribution in [0.25, 0.3) is 0 Å². The topological polar surface area (TPSA) is 48.5 Å². The van der Waals surface area contributed by atoms with Crippen LogP contribution in [-0.2, 0) is 0 Å². The van der Waals surface area contributed by atoms with Gasteiger partial charge >= 0.3 is 6.03 Å². The number of nitrogens with zero attached hydrogens (tertiary/aromatic N) is 3. The summed E-state index contributed by atoms with van der Waals surface area (Å²) in [5.41, 5.74) is 1.05. The van der Waals surface area contributed by atoms with Crippen molar-refractivity contribution in [3.05, 3.63) is 30.1 Å². The molecule has 5 heteroatoms. The highest BCUT2D eigenvalue weighted by molar-refractivity contribution is 5.74. The van der Waals surface area contributed by atoms with Gasteiger partial charge in [-0.05, 0) is 49.7 Å². The number of piperazine rings is 1. The van der Waals surface area contributed by atoms with Crippen molar-refractivity contribution in [3.63, 3.8) is 0 Å². The van der Waals surface area contributed by atoms with Crippen molar-refractivity contribution in [2.75, 3.05) is 26.2 Å². The number of hydrogen-bond donors (Lipinski definition) is 1. The van der Waals surface area contributed by atoms with Gasteiger partial charge in [-0.15, -0.1) is 0 Å². The lowest BCUT2D eigenvalue weighted by Gasteiger charge is -2.41. The first-order valence-electron chi connectivity index (χ1n) is 9.40. The normalized spacial score (nSPS) is 31.2. The Morgan fingerprint density at radius 3 is 2.71 bits per heavy atom. The predicted molar refractivity (Wildman–Crippen MR) is 93.6 cm³/mol. The third kappa shape index (κ3) is 3.14. The SMILES string of the molecule is C[C@H](NC(=O)N1CCN([C@H]2C[C@H]3CC[C@H]2C3)CC1)c1cccnc1. The van der Waals surface area contributed by atoms with Gasteiger partial charge < -0.3 is 10.2 Å². The summed E-state index contributed by atoms with van der Waals surface area (Å²) in [6, 6.07) is 4.76. The highest BCUT2D eigenvalue weighted by Crippen LogP contribution is 2.46. The Morgan fingerprint density at radius 2 is 2.08 bits per heavy atom. The molecule has 2 heterocycles. The van der Waals surface area contributed by atoms with E-state index >= 15 is 0 Å². The Morgan fingerprint density at radius 1 is 1.25 bits per heavy atom.